The Hall–Kier alpha value is -0.970. The Morgan fingerprint density at radius 2 is 2.25 bits per heavy atom. The van der Waals surface area contributed by atoms with Crippen LogP contribution in [0.4, 0.5) is 4.39 Å². The quantitative estimate of drug-likeness (QED) is 0.865. The number of carbonyl (C=O) groups is 1. The van der Waals surface area contributed by atoms with Crippen LogP contribution in [0.3, 0.4) is 0 Å². The number of nitrogens with zero attached hydrogens (tertiary/aromatic N) is 1. The second-order valence-electron chi connectivity index (χ2n) is 3.83. The number of aromatic nitrogens is 1. The van der Waals surface area contributed by atoms with E-state index in [1.807, 2.05) is 0 Å². The highest BCUT2D eigenvalue weighted by molar-refractivity contribution is 9.09. The van der Waals surface area contributed by atoms with Crippen LogP contribution in [0, 0.1) is 11.7 Å². The third-order valence-corrected chi connectivity index (χ3v) is 3.52. The Morgan fingerprint density at radius 1 is 1.56 bits per heavy atom. The summed E-state index contributed by atoms with van der Waals surface area (Å²) in [7, 11) is 0. The van der Waals surface area contributed by atoms with Crippen LogP contribution in [0.15, 0.2) is 18.3 Å². The number of carbonyl (C=O) groups excluding carboxylic acids is 1. The van der Waals surface area contributed by atoms with Crippen molar-refractivity contribution in [2.45, 2.75) is 18.7 Å². The van der Waals surface area contributed by atoms with Crippen LogP contribution in [0.2, 0.25) is 0 Å². The SMILES string of the molecule is CC(C)C(Br)CNC(=O)c1ccc(F)cn1. The molecule has 1 aromatic heterocycles. The van der Waals surface area contributed by atoms with E-state index in [4.69, 9.17) is 0 Å². The molecule has 0 spiro atoms. The van der Waals surface area contributed by atoms with Crippen molar-refractivity contribution in [1.82, 2.24) is 10.3 Å². The number of amides is 1. The van der Waals surface area contributed by atoms with E-state index in [1.165, 1.54) is 12.1 Å². The van der Waals surface area contributed by atoms with Crippen molar-refractivity contribution < 1.29 is 9.18 Å². The summed E-state index contributed by atoms with van der Waals surface area (Å²) in [6, 6.07) is 2.58. The maximum absolute atomic E-state index is 12.6. The molecule has 1 N–H and O–H groups in total. The van der Waals surface area contributed by atoms with E-state index in [0.717, 1.165) is 6.20 Å². The molecule has 1 atom stereocenters. The third kappa shape index (κ3) is 3.89. The van der Waals surface area contributed by atoms with Crippen LogP contribution >= 0.6 is 15.9 Å². The monoisotopic (exact) mass is 288 g/mol. The second kappa shape index (κ2) is 5.94. The Morgan fingerprint density at radius 3 is 2.75 bits per heavy atom. The molecule has 0 aliphatic rings. The molecule has 0 aromatic carbocycles. The second-order valence-corrected chi connectivity index (χ2v) is 5.01. The molecular formula is C11H14BrFN2O. The predicted octanol–water partition coefficient (Wildman–Crippen LogP) is 2.37. The van der Waals surface area contributed by atoms with Gasteiger partial charge in [-0.3, -0.25) is 4.79 Å². The maximum atomic E-state index is 12.6. The average Bonchev–Trinajstić information content (AvgIpc) is 2.26. The predicted molar refractivity (Wildman–Crippen MR) is 64.1 cm³/mol. The highest BCUT2D eigenvalue weighted by Gasteiger charge is 2.12. The normalized spacial score (nSPS) is 12.6. The summed E-state index contributed by atoms with van der Waals surface area (Å²) in [5.41, 5.74) is 0.227. The molecule has 1 aromatic rings. The molecule has 3 nitrogen and oxygen atoms in total. The van der Waals surface area contributed by atoms with Gasteiger partial charge >= 0.3 is 0 Å². The fraction of sp³-hybridized carbons (Fsp3) is 0.455. The van der Waals surface area contributed by atoms with Gasteiger partial charge in [-0.05, 0) is 18.1 Å². The van der Waals surface area contributed by atoms with Crippen molar-refractivity contribution >= 4 is 21.8 Å². The number of pyridine rings is 1. The van der Waals surface area contributed by atoms with Crippen molar-refractivity contribution in [3.63, 3.8) is 0 Å². The van der Waals surface area contributed by atoms with Gasteiger partial charge < -0.3 is 5.32 Å². The molecule has 0 fully saturated rings. The number of halogens is 2. The molecule has 1 unspecified atom stereocenters. The first-order valence-electron chi connectivity index (χ1n) is 5.04. The van der Waals surface area contributed by atoms with Crippen molar-refractivity contribution in [2.75, 3.05) is 6.54 Å². The van der Waals surface area contributed by atoms with Gasteiger partial charge in [0.2, 0.25) is 0 Å². The summed E-state index contributed by atoms with van der Waals surface area (Å²) >= 11 is 3.46. The Balaban J connectivity index is 2.50. The molecule has 0 saturated heterocycles. The smallest absolute Gasteiger partial charge is 0.269 e. The summed E-state index contributed by atoms with van der Waals surface area (Å²) in [6.45, 7) is 4.64. The number of nitrogens with one attached hydrogen (secondary N) is 1. The average molecular weight is 289 g/mol. The van der Waals surface area contributed by atoms with E-state index < -0.39 is 5.82 Å². The molecule has 16 heavy (non-hydrogen) atoms. The minimum Gasteiger partial charge on any atom is -0.350 e. The fourth-order valence-electron chi connectivity index (χ4n) is 1.03. The molecular weight excluding hydrogens is 275 g/mol. The first-order chi connectivity index (χ1) is 7.50. The Bertz CT molecular complexity index is 354. The fourth-order valence-corrected chi connectivity index (χ4v) is 1.19. The Kier molecular flexibility index (Phi) is 4.86. The molecule has 88 valence electrons. The van der Waals surface area contributed by atoms with Crippen molar-refractivity contribution in [2.24, 2.45) is 5.92 Å². The zero-order valence-corrected chi connectivity index (χ0v) is 10.8. The van der Waals surface area contributed by atoms with Crippen LogP contribution in [0.25, 0.3) is 0 Å². The Labute approximate surface area is 103 Å². The lowest BCUT2D eigenvalue weighted by molar-refractivity contribution is 0.0948. The summed E-state index contributed by atoms with van der Waals surface area (Å²) < 4.78 is 12.6. The molecule has 5 heteroatoms. The van der Waals surface area contributed by atoms with Gasteiger partial charge in [0.15, 0.2) is 0 Å². The van der Waals surface area contributed by atoms with E-state index in [2.05, 4.69) is 40.1 Å². The van der Waals surface area contributed by atoms with E-state index in [0.29, 0.717) is 12.5 Å². The van der Waals surface area contributed by atoms with Crippen LogP contribution in [-0.2, 0) is 0 Å². The van der Waals surface area contributed by atoms with Gasteiger partial charge in [0.05, 0.1) is 6.20 Å². The summed E-state index contributed by atoms with van der Waals surface area (Å²) in [4.78, 5) is 15.5. The van der Waals surface area contributed by atoms with E-state index in [1.54, 1.807) is 0 Å². The number of rotatable bonds is 4. The van der Waals surface area contributed by atoms with Gasteiger partial charge in [0.1, 0.15) is 11.5 Å². The standard InChI is InChI=1S/C11H14BrFN2O/c1-7(2)9(12)6-15-11(16)10-4-3-8(13)5-14-10/h3-5,7,9H,6H2,1-2H3,(H,15,16). The maximum Gasteiger partial charge on any atom is 0.269 e. The first kappa shape index (κ1) is 13.1. The zero-order valence-electron chi connectivity index (χ0n) is 9.21. The van der Waals surface area contributed by atoms with Gasteiger partial charge in [-0.15, -0.1) is 0 Å². The van der Waals surface area contributed by atoms with E-state index in [9.17, 15) is 9.18 Å². The molecule has 0 radical (unpaired) electrons. The lowest BCUT2D eigenvalue weighted by Crippen LogP contribution is -2.32. The van der Waals surface area contributed by atoms with Gasteiger partial charge in [-0.2, -0.15) is 0 Å². The molecule has 1 amide bonds. The molecule has 0 aliphatic heterocycles. The summed E-state index contributed by atoms with van der Waals surface area (Å²) in [5, 5.41) is 2.73. The highest BCUT2D eigenvalue weighted by Crippen LogP contribution is 2.10. The molecule has 0 saturated carbocycles. The zero-order chi connectivity index (χ0) is 12.1. The number of hydrogen-bond acceptors (Lipinski definition) is 2. The van der Waals surface area contributed by atoms with Crippen LogP contribution in [0.1, 0.15) is 24.3 Å². The molecule has 0 aliphatic carbocycles. The van der Waals surface area contributed by atoms with Crippen molar-refractivity contribution in [1.29, 1.82) is 0 Å². The summed E-state index contributed by atoms with van der Waals surface area (Å²) in [6.07, 6.45) is 1.03. The molecule has 0 bridgehead atoms. The van der Waals surface area contributed by atoms with Crippen LogP contribution < -0.4 is 5.32 Å². The first-order valence-corrected chi connectivity index (χ1v) is 5.96. The van der Waals surface area contributed by atoms with Crippen molar-refractivity contribution in [3.8, 4) is 0 Å². The van der Waals surface area contributed by atoms with Crippen LogP contribution in [0.5, 0.6) is 0 Å². The molecule has 1 rings (SSSR count). The highest BCUT2D eigenvalue weighted by atomic mass is 79.9. The minimum absolute atomic E-state index is 0.219. The van der Waals surface area contributed by atoms with Crippen LogP contribution in [-0.4, -0.2) is 22.3 Å². The van der Waals surface area contributed by atoms with E-state index >= 15 is 0 Å². The van der Waals surface area contributed by atoms with Gasteiger partial charge in [-0.1, -0.05) is 29.8 Å². The van der Waals surface area contributed by atoms with Gasteiger partial charge in [0, 0.05) is 11.4 Å². The summed E-state index contributed by atoms with van der Waals surface area (Å²) in [5.74, 6) is -0.302. The molecule has 1 heterocycles. The van der Waals surface area contributed by atoms with Gasteiger partial charge in [-0.25, -0.2) is 9.37 Å². The lowest BCUT2D eigenvalue weighted by atomic mass is 10.1. The third-order valence-electron chi connectivity index (χ3n) is 2.14. The van der Waals surface area contributed by atoms with Crippen molar-refractivity contribution in [3.05, 3.63) is 29.8 Å². The lowest BCUT2D eigenvalue weighted by Gasteiger charge is -2.14. The topological polar surface area (TPSA) is 42.0 Å². The number of alkyl halides is 1. The van der Waals surface area contributed by atoms with Gasteiger partial charge in [0.25, 0.3) is 5.91 Å². The largest absolute Gasteiger partial charge is 0.350 e. The number of hydrogen-bond donors (Lipinski definition) is 1. The van der Waals surface area contributed by atoms with E-state index in [-0.39, 0.29) is 16.4 Å². The minimum atomic E-state index is -0.447.